The lowest BCUT2D eigenvalue weighted by atomic mass is 10.0. The fraction of sp³-hybridized carbons (Fsp3) is 0.286. The summed E-state index contributed by atoms with van der Waals surface area (Å²) in [6.07, 6.45) is 0. The number of aryl methyl sites for hydroxylation is 3. The van der Waals surface area contributed by atoms with Crippen LogP contribution in [0.15, 0.2) is 46.0 Å². The molecule has 0 saturated carbocycles. The van der Waals surface area contributed by atoms with Gasteiger partial charge in [-0.15, -0.1) is 10.2 Å². The predicted octanol–water partition coefficient (Wildman–Crippen LogP) is 4.37. The van der Waals surface area contributed by atoms with Gasteiger partial charge in [-0.25, -0.2) is 4.68 Å². The molecule has 7 nitrogen and oxygen atoms in total. The molecule has 1 amide bonds. The van der Waals surface area contributed by atoms with E-state index in [2.05, 4.69) is 42.9 Å². The van der Waals surface area contributed by atoms with Crippen LogP contribution in [0, 0.1) is 20.8 Å². The van der Waals surface area contributed by atoms with Gasteiger partial charge < -0.3 is 15.5 Å². The van der Waals surface area contributed by atoms with Crippen molar-refractivity contribution in [3.8, 4) is 5.75 Å². The zero-order valence-electron chi connectivity index (χ0n) is 17.1. The second-order valence-electron chi connectivity index (χ2n) is 7.21. The Balaban J connectivity index is 1.69. The van der Waals surface area contributed by atoms with Gasteiger partial charge in [-0.2, -0.15) is 0 Å². The molecule has 30 heavy (non-hydrogen) atoms. The van der Waals surface area contributed by atoms with E-state index in [4.69, 9.17) is 4.74 Å². The molecule has 0 spiro atoms. The number of amides is 1. The molecule has 3 aromatic rings. The standard InChI is InChI=1S/C21H22BrN5O2S/c1-11-5-7-16(12(2)9-11)23-20(28)19-18(14-6-8-17(29-4)15(22)10-14)26-27-13(3)24-25-21(27)30-19/h5-10,18-19,26H,1-4H3,(H,23,28). The van der Waals surface area contributed by atoms with E-state index >= 15 is 0 Å². The maximum absolute atomic E-state index is 13.3. The number of fused-ring (bicyclic) bond motifs is 1. The van der Waals surface area contributed by atoms with E-state index in [-0.39, 0.29) is 11.9 Å². The Bertz CT molecular complexity index is 1120. The van der Waals surface area contributed by atoms with Gasteiger partial charge >= 0.3 is 0 Å². The van der Waals surface area contributed by atoms with Crippen molar-refractivity contribution in [2.24, 2.45) is 0 Å². The van der Waals surface area contributed by atoms with Crippen LogP contribution in [0.5, 0.6) is 5.75 Å². The van der Waals surface area contributed by atoms with E-state index in [1.807, 2.05) is 55.8 Å². The summed E-state index contributed by atoms with van der Waals surface area (Å²) in [6.45, 7) is 5.90. The molecule has 1 aliphatic heterocycles. The molecule has 1 aliphatic rings. The fourth-order valence-corrected chi connectivity index (χ4v) is 5.13. The lowest BCUT2D eigenvalue weighted by Crippen LogP contribution is -2.41. The second-order valence-corrected chi connectivity index (χ2v) is 9.18. The molecule has 1 aromatic heterocycles. The number of nitrogens with one attached hydrogen (secondary N) is 2. The minimum atomic E-state index is -0.443. The Hall–Kier alpha value is -2.52. The van der Waals surface area contributed by atoms with E-state index in [0.717, 1.165) is 38.4 Å². The van der Waals surface area contributed by atoms with Crippen molar-refractivity contribution in [3.05, 3.63) is 63.4 Å². The van der Waals surface area contributed by atoms with Crippen LogP contribution in [0.1, 0.15) is 28.6 Å². The number of hydrogen-bond acceptors (Lipinski definition) is 6. The third-order valence-corrected chi connectivity index (χ3v) is 6.87. The quantitative estimate of drug-likeness (QED) is 0.568. The van der Waals surface area contributed by atoms with Crippen molar-refractivity contribution in [1.29, 1.82) is 0 Å². The van der Waals surface area contributed by atoms with Crippen LogP contribution >= 0.6 is 27.7 Å². The van der Waals surface area contributed by atoms with Gasteiger partial charge in [0.2, 0.25) is 11.1 Å². The molecule has 0 aliphatic carbocycles. The lowest BCUT2D eigenvalue weighted by Gasteiger charge is -2.33. The number of hydrogen-bond donors (Lipinski definition) is 2. The molecule has 0 saturated heterocycles. The molecular formula is C21H22BrN5O2S. The number of methoxy groups -OCH3 is 1. The number of carbonyl (C=O) groups is 1. The molecular weight excluding hydrogens is 466 g/mol. The molecule has 2 aromatic carbocycles. The molecule has 156 valence electrons. The zero-order valence-corrected chi connectivity index (χ0v) is 19.5. The number of aromatic nitrogens is 3. The Morgan fingerprint density at radius 2 is 2.00 bits per heavy atom. The van der Waals surface area contributed by atoms with E-state index in [0.29, 0.717) is 5.16 Å². The van der Waals surface area contributed by atoms with Gasteiger partial charge in [0.25, 0.3) is 0 Å². The first kappa shape index (κ1) is 20.7. The Kier molecular flexibility index (Phi) is 5.75. The minimum Gasteiger partial charge on any atom is -0.496 e. The van der Waals surface area contributed by atoms with E-state index in [9.17, 15) is 4.79 Å². The topological polar surface area (TPSA) is 81.1 Å². The zero-order chi connectivity index (χ0) is 21.4. The molecule has 4 rings (SSSR count). The molecule has 2 unspecified atom stereocenters. The molecule has 9 heteroatoms. The summed E-state index contributed by atoms with van der Waals surface area (Å²) < 4.78 is 8.01. The molecule has 0 bridgehead atoms. The molecule has 2 heterocycles. The van der Waals surface area contributed by atoms with E-state index < -0.39 is 5.25 Å². The number of halogens is 1. The van der Waals surface area contributed by atoms with Gasteiger partial charge in [0.15, 0.2) is 0 Å². The minimum absolute atomic E-state index is 0.0942. The van der Waals surface area contributed by atoms with Crippen molar-refractivity contribution in [2.75, 3.05) is 17.9 Å². The highest BCUT2D eigenvalue weighted by molar-refractivity contribution is 9.10. The van der Waals surface area contributed by atoms with Crippen molar-refractivity contribution in [3.63, 3.8) is 0 Å². The number of anilines is 1. The number of ether oxygens (including phenoxy) is 1. The van der Waals surface area contributed by atoms with Crippen LogP contribution in [-0.2, 0) is 4.79 Å². The molecule has 2 N–H and O–H groups in total. The first-order chi connectivity index (χ1) is 14.4. The average Bonchev–Trinajstić information content (AvgIpc) is 3.09. The summed E-state index contributed by atoms with van der Waals surface area (Å²) in [5, 5.41) is 11.7. The Morgan fingerprint density at radius 1 is 1.20 bits per heavy atom. The van der Waals surface area contributed by atoms with Crippen molar-refractivity contribution in [1.82, 2.24) is 14.9 Å². The predicted molar refractivity (Wildman–Crippen MR) is 122 cm³/mol. The summed E-state index contributed by atoms with van der Waals surface area (Å²) in [5.74, 6) is 1.38. The maximum Gasteiger partial charge on any atom is 0.240 e. The van der Waals surface area contributed by atoms with Gasteiger partial charge in [-0.3, -0.25) is 4.79 Å². The van der Waals surface area contributed by atoms with Crippen LogP contribution < -0.4 is 15.5 Å². The molecule has 0 radical (unpaired) electrons. The lowest BCUT2D eigenvalue weighted by molar-refractivity contribution is -0.116. The van der Waals surface area contributed by atoms with Gasteiger partial charge in [-0.05, 0) is 66.0 Å². The maximum atomic E-state index is 13.3. The second kappa shape index (κ2) is 8.31. The van der Waals surface area contributed by atoms with Gasteiger partial charge in [0, 0.05) is 5.69 Å². The monoisotopic (exact) mass is 487 g/mol. The van der Waals surface area contributed by atoms with Gasteiger partial charge in [0.05, 0.1) is 17.6 Å². The normalized spacial score (nSPS) is 17.8. The SMILES string of the molecule is COc1ccc(C2Nn3c(C)nnc3SC2C(=O)Nc2ccc(C)cc2C)cc1Br. The largest absolute Gasteiger partial charge is 0.496 e. The summed E-state index contributed by atoms with van der Waals surface area (Å²) in [4.78, 5) is 13.3. The third kappa shape index (κ3) is 3.91. The van der Waals surface area contributed by atoms with Gasteiger partial charge in [-0.1, -0.05) is 35.5 Å². The van der Waals surface area contributed by atoms with Crippen molar-refractivity contribution >= 4 is 39.3 Å². The number of thioether (sulfide) groups is 1. The third-order valence-electron chi connectivity index (χ3n) is 5.03. The fourth-order valence-electron chi connectivity index (χ4n) is 3.44. The van der Waals surface area contributed by atoms with E-state index in [1.165, 1.54) is 11.8 Å². The van der Waals surface area contributed by atoms with Crippen LogP contribution in [-0.4, -0.2) is 33.1 Å². The highest BCUT2D eigenvalue weighted by atomic mass is 79.9. The summed E-state index contributed by atoms with van der Waals surface area (Å²) >= 11 is 4.95. The Labute approximate surface area is 187 Å². The first-order valence-electron chi connectivity index (χ1n) is 9.44. The van der Waals surface area contributed by atoms with Crippen LogP contribution in [0.3, 0.4) is 0 Å². The average molecular weight is 488 g/mol. The van der Waals surface area contributed by atoms with Crippen molar-refractivity contribution in [2.45, 2.75) is 37.2 Å². The molecule has 0 fully saturated rings. The Morgan fingerprint density at radius 3 is 2.70 bits per heavy atom. The molecule has 2 atom stereocenters. The van der Waals surface area contributed by atoms with Crippen LogP contribution in [0.25, 0.3) is 0 Å². The first-order valence-corrected chi connectivity index (χ1v) is 11.1. The van der Waals surface area contributed by atoms with Gasteiger partial charge in [0.1, 0.15) is 16.8 Å². The van der Waals surface area contributed by atoms with Crippen molar-refractivity contribution < 1.29 is 9.53 Å². The highest BCUT2D eigenvalue weighted by Gasteiger charge is 2.37. The van der Waals surface area contributed by atoms with E-state index in [1.54, 1.807) is 7.11 Å². The summed E-state index contributed by atoms with van der Waals surface area (Å²) in [7, 11) is 1.63. The summed E-state index contributed by atoms with van der Waals surface area (Å²) in [6, 6.07) is 11.5. The van der Waals surface area contributed by atoms with Crippen LogP contribution in [0.4, 0.5) is 5.69 Å². The number of rotatable bonds is 4. The highest BCUT2D eigenvalue weighted by Crippen LogP contribution is 2.39. The number of nitrogens with zero attached hydrogens (tertiary/aromatic N) is 3. The number of benzene rings is 2. The smallest absolute Gasteiger partial charge is 0.240 e. The summed E-state index contributed by atoms with van der Waals surface area (Å²) in [5.41, 5.74) is 7.36. The number of carbonyl (C=O) groups excluding carboxylic acids is 1. The van der Waals surface area contributed by atoms with Crippen LogP contribution in [0.2, 0.25) is 0 Å².